The van der Waals surface area contributed by atoms with Crippen LogP contribution in [0.3, 0.4) is 0 Å². The second-order valence-electron chi connectivity index (χ2n) is 13.4. The van der Waals surface area contributed by atoms with Crippen LogP contribution < -0.4 is 21.9 Å². The van der Waals surface area contributed by atoms with Crippen LogP contribution in [0.25, 0.3) is 11.2 Å². The van der Waals surface area contributed by atoms with E-state index in [4.69, 9.17) is 33.3 Å². The van der Waals surface area contributed by atoms with Gasteiger partial charge in [0, 0.05) is 36.6 Å². The lowest BCUT2D eigenvalue weighted by Gasteiger charge is -2.30. The van der Waals surface area contributed by atoms with Crippen LogP contribution in [0.5, 0.6) is 0 Å². The Labute approximate surface area is 337 Å². The second kappa shape index (κ2) is 16.8. The Bertz CT molecular complexity index is 2560. The van der Waals surface area contributed by atoms with Crippen LogP contribution >= 0.6 is 26.0 Å². The van der Waals surface area contributed by atoms with E-state index in [-0.39, 0.29) is 35.9 Å². The Morgan fingerprint density at radius 3 is 2.29 bits per heavy atom. The van der Waals surface area contributed by atoms with E-state index in [2.05, 4.69) is 15.0 Å². The number of hydrogen-bond donors (Lipinski definition) is 2. The molecule has 8 rings (SSSR count). The fraction of sp³-hybridized carbons (Fsp3) is 0.343. The number of nitrogen functional groups attached to an aromatic ring is 1. The normalized spacial score (nSPS) is 31.1. The van der Waals surface area contributed by atoms with Crippen molar-refractivity contribution in [2.24, 2.45) is 0 Å². The number of aromatic amines is 1. The molecule has 3 N–H and O–H groups in total. The molecule has 0 radical (unpaired) electrons. The molecule has 0 spiro atoms. The molecule has 5 aromatic rings. The predicted octanol–water partition coefficient (Wildman–Crippen LogP) is 3.75. The zero-order valence-corrected chi connectivity index (χ0v) is 33.5. The van der Waals surface area contributed by atoms with E-state index in [0.29, 0.717) is 28.1 Å². The van der Waals surface area contributed by atoms with Gasteiger partial charge in [0.2, 0.25) is 0 Å². The van der Waals surface area contributed by atoms with Crippen molar-refractivity contribution in [3.63, 3.8) is 0 Å². The van der Waals surface area contributed by atoms with E-state index in [9.17, 15) is 28.4 Å². The van der Waals surface area contributed by atoms with Gasteiger partial charge in [0.15, 0.2) is 42.0 Å². The maximum absolute atomic E-state index is 16.3. The third-order valence-electron chi connectivity index (χ3n) is 9.53. The fourth-order valence-electron chi connectivity index (χ4n) is 6.56. The molecular formula is C35H35F2N7O12P2S. The highest BCUT2D eigenvalue weighted by atomic mass is 32.7. The monoisotopic (exact) mass is 877 g/mol. The average molecular weight is 878 g/mol. The number of ketones is 1. The number of nitrogens with zero attached hydrogens (tertiary/aromatic N) is 5. The number of carbonyl (C=O) groups excluding carboxylic acids is 1. The van der Waals surface area contributed by atoms with Crippen LogP contribution in [0.15, 0.2) is 83.0 Å². The minimum atomic E-state index is -5.50. The number of phosphoric ester groups is 1. The van der Waals surface area contributed by atoms with Crippen LogP contribution in [0.2, 0.25) is 0 Å². The summed E-state index contributed by atoms with van der Waals surface area (Å²) in [5, 5.41) is 0. The summed E-state index contributed by atoms with van der Waals surface area (Å²) in [7, 11) is -5.50. The van der Waals surface area contributed by atoms with E-state index in [0.717, 1.165) is 39.6 Å². The van der Waals surface area contributed by atoms with Crippen LogP contribution in [-0.4, -0.2) is 84.8 Å². The molecule has 59 heavy (non-hydrogen) atoms. The van der Waals surface area contributed by atoms with E-state index in [1.54, 1.807) is 36.4 Å². The quantitative estimate of drug-likeness (QED) is 0.134. The van der Waals surface area contributed by atoms with Crippen LogP contribution in [0.4, 0.5) is 14.6 Å². The molecule has 0 aliphatic carbocycles. The number of fused-ring (bicyclic) bond motifs is 4. The van der Waals surface area contributed by atoms with Gasteiger partial charge in [-0.05, 0) is 23.9 Å². The molecule has 2 unspecified atom stereocenters. The molecule has 3 aliphatic heterocycles. The van der Waals surface area contributed by atoms with Gasteiger partial charge in [-0.1, -0.05) is 54.1 Å². The van der Waals surface area contributed by atoms with Crippen molar-refractivity contribution in [3.05, 3.63) is 124 Å². The van der Waals surface area contributed by atoms with Gasteiger partial charge >= 0.3 is 12.5 Å². The zero-order valence-electron chi connectivity index (χ0n) is 30.9. The number of anilines is 1. The van der Waals surface area contributed by atoms with Crippen LogP contribution in [0, 0.1) is 14.4 Å². The van der Waals surface area contributed by atoms with E-state index >= 15 is 8.78 Å². The van der Waals surface area contributed by atoms with Gasteiger partial charge < -0.3 is 29.1 Å². The number of phosphoric acid groups is 1. The van der Waals surface area contributed by atoms with Gasteiger partial charge in [-0.2, -0.15) is 0 Å². The van der Waals surface area contributed by atoms with Crippen molar-refractivity contribution >= 4 is 48.8 Å². The lowest BCUT2D eigenvalue weighted by molar-refractivity contribution is -0.235. The number of aromatic nitrogens is 6. The molecule has 3 saturated heterocycles. The first-order valence-corrected chi connectivity index (χ1v) is 22.0. The molecule has 3 aliphatic rings. The SMILES string of the molecule is Cc1ccc(C(=O)c2ccc(CSP3(=O)OC[C@H]4O[C@@H](n5cnc6c(N)ncnc65)[C@H](F)[C@@H]4OP(=O)([O-])OC[C@H]4O[C@@H](n5ccc(=O)[nH]c5=O)[C@H](O3)[C@@H]4F)cc2)cc1.[CH3+]. The van der Waals surface area contributed by atoms with Gasteiger partial charge in [0.05, 0.1) is 19.5 Å². The fourth-order valence-corrected chi connectivity index (χ4v) is 10.9. The number of carbonyl (C=O) groups is 1. The number of H-pyrrole nitrogens is 1. The molecule has 312 valence electrons. The standard InChI is InChI=1S/C34H33F2N7O12P2S.CH3/c1-17-2-6-19(7-3-17)27(45)20-8-4-18(5-9-20)14-58-57(49)51-13-22-28(25(36)32(53-22)43-16-40-26-30(37)38-15-39-31(26)43)54-56(47,48)50-12-21-24(35)29(55-57)33(52-21)42-11-10-23(44)41-34(42)46;/h2-11,15-16,21-22,24-25,28-29,32-33H,12-14H2,1H3,(H,47,48)(H2,37,38,39)(H,41,44,46);1H3/q;+1/p-1/t21-,22-,24-,25-,28-,29-,32-,33-,57?;/m1./s1. The van der Waals surface area contributed by atoms with Gasteiger partial charge in [-0.25, -0.2) is 33.1 Å². The number of nitrogens with two attached hydrogens (primary N) is 1. The number of ether oxygens (including phenoxy) is 2. The minimum absolute atomic E-state index is 0. The molecular weight excluding hydrogens is 842 g/mol. The summed E-state index contributed by atoms with van der Waals surface area (Å²) in [4.78, 5) is 64.9. The summed E-state index contributed by atoms with van der Waals surface area (Å²) in [6.07, 6.45) is -12.0. The van der Waals surface area contributed by atoms with Crippen molar-refractivity contribution in [1.82, 2.24) is 29.1 Å². The highest BCUT2D eigenvalue weighted by molar-refractivity contribution is 8.54. The molecule has 0 saturated carbocycles. The summed E-state index contributed by atoms with van der Waals surface area (Å²) >= 11 is 0.576. The van der Waals surface area contributed by atoms with Crippen molar-refractivity contribution in [2.45, 2.75) is 61.9 Å². The molecule has 3 fully saturated rings. The number of halogens is 2. The smallest absolute Gasteiger partial charge is 0.390 e. The highest BCUT2D eigenvalue weighted by Crippen LogP contribution is 2.65. The molecule has 6 heterocycles. The van der Waals surface area contributed by atoms with Gasteiger partial charge in [-0.3, -0.25) is 37.3 Å². The Balaban J connectivity index is 0.00000528. The minimum Gasteiger partial charge on any atom is -0.756 e. The first-order valence-electron chi connectivity index (χ1n) is 17.4. The van der Waals surface area contributed by atoms with Crippen molar-refractivity contribution in [1.29, 1.82) is 0 Å². The molecule has 2 aromatic carbocycles. The van der Waals surface area contributed by atoms with Crippen molar-refractivity contribution < 1.29 is 55.2 Å². The summed E-state index contributed by atoms with van der Waals surface area (Å²) in [6.45, 7) is -4.69. The molecule has 3 aromatic heterocycles. The third-order valence-corrected chi connectivity index (χ3v) is 14.2. The second-order valence-corrected chi connectivity index (χ2v) is 18.8. The number of hydrogen-bond acceptors (Lipinski definition) is 17. The molecule has 2 bridgehead atoms. The van der Waals surface area contributed by atoms with Crippen LogP contribution in [-0.2, 0) is 42.5 Å². The summed E-state index contributed by atoms with van der Waals surface area (Å²) in [6, 6.07) is 14.3. The summed E-state index contributed by atoms with van der Waals surface area (Å²) < 4.78 is 96.0. The maximum atomic E-state index is 16.3. The number of benzene rings is 2. The number of imidazole rings is 1. The Morgan fingerprint density at radius 2 is 1.58 bits per heavy atom. The molecule has 19 nitrogen and oxygen atoms in total. The lowest BCUT2D eigenvalue weighted by atomic mass is 10.0. The molecule has 10 atom stereocenters. The van der Waals surface area contributed by atoms with Crippen molar-refractivity contribution in [2.75, 3.05) is 18.9 Å². The van der Waals surface area contributed by atoms with Gasteiger partial charge in [0.1, 0.15) is 36.3 Å². The van der Waals surface area contributed by atoms with E-state index in [1.807, 2.05) is 24.0 Å². The summed E-state index contributed by atoms with van der Waals surface area (Å²) in [5.74, 6) is -0.370. The van der Waals surface area contributed by atoms with Crippen molar-refractivity contribution in [3.8, 4) is 0 Å². The van der Waals surface area contributed by atoms with Crippen LogP contribution in [0.1, 0.15) is 39.5 Å². The number of alkyl halides is 2. The third kappa shape index (κ3) is 8.69. The first kappa shape index (κ1) is 42.5. The Morgan fingerprint density at radius 1 is 0.898 bits per heavy atom. The molecule has 24 heteroatoms. The van der Waals surface area contributed by atoms with E-state index < -0.39 is 88.3 Å². The first-order chi connectivity index (χ1) is 27.7. The number of rotatable bonds is 7. The Kier molecular flexibility index (Phi) is 12.1. The highest BCUT2D eigenvalue weighted by Gasteiger charge is 2.54. The largest absolute Gasteiger partial charge is 0.756 e. The zero-order chi connectivity index (χ0) is 40.9. The predicted molar refractivity (Wildman–Crippen MR) is 204 cm³/mol. The maximum Gasteiger partial charge on any atom is 0.390 e. The van der Waals surface area contributed by atoms with E-state index in [1.165, 1.54) is 0 Å². The summed E-state index contributed by atoms with van der Waals surface area (Å²) in [5.41, 5.74) is 6.55. The number of aryl methyl sites for hydroxylation is 1. The number of nitrogens with one attached hydrogen (secondary N) is 1. The lowest BCUT2D eigenvalue weighted by Crippen LogP contribution is -2.37. The molecule has 0 amide bonds. The van der Waals surface area contributed by atoms with Gasteiger partial charge in [-0.15, -0.1) is 0 Å². The topological polar surface area (TPSA) is 254 Å². The Hall–Kier alpha value is -4.60. The average Bonchev–Trinajstić information content (AvgIpc) is 3.86. The van der Waals surface area contributed by atoms with Gasteiger partial charge in [0.25, 0.3) is 13.4 Å².